The van der Waals surface area contributed by atoms with Gasteiger partial charge in [0.1, 0.15) is 12.6 Å². The van der Waals surface area contributed by atoms with E-state index >= 15 is 0 Å². The summed E-state index contributed by atoms with van der Waals surface area (Å²) >= 11 is 0. The maximum absolute atomic E-state index is 12.4. The SMILES string of the molecule is NC(=O)CCNNC(=O)[C@H](CC1CCCC1)NC(=O)OCc1ccccc1. The molecule has 3 amide bonds. The minimum atomic E-state index is -0.697. The smallest absolute Gasteiger partial charge is 0.408 e. The van der Waals surface area contributed by atoms with E-state index in [1.54, 1.807) is 0 Å². The second-order valence-electron chi connectivity index (χ2n) is 6.78. The van der Waals surface area contributed by atoms with Gasteiger partial charge in [0.25, 0.3) is 5.91 Å². The Balaban J connectivity index is 1.83. The Morgan fingerprint density at radius 3 is 2.52 bits per heavy atom. The molecular weight excluding hydrogens is 348 g/mol. The molecule has 5 N–H and O–H groups in total. The largest absolute Gasteiger partial charge is 0.445 e. The zero-order chi connectivity index (χ0) is 19.5. The summed E-state index contributed by atoms with van der Waals surface area (Å²) in [6, 6.07) is 8.64. The van der Waals surface area contributed by atoms with Gasteiger partial charge in [-0.3, -0.25) is 15.0 Å². The van der Waals surface area contributed by atoms with Crippen LogP contribution >= 0.6 is 0 Å². The van der Waals surface area contributed by atoms with E-state index in [1.165, 1.54) is 0 Å². The number of primary amides is 1. The van der Waals surface area contributed by atoms with Crippen LogP contribution in [0.2, 0.25) is 0 Å². The van der Waals surface area contributed by atoms with Crippen molar-refractivity contribution in [3.05, 3.63) is 35.9 Å². The van der Waals surface area contributed by atoms with E-state index in [0.29, 0.717) is 12.3 Å². The van der Waals surface area contributed by atoms with Crippen LogP contribution in [0.25, 0.3) is 0 Å². The summed E-state index contributed by atoms with van der Waals surface area (Å²) in [7, 11) is 0. The van der Waals surface area contributed by atoms with Crippen molar-refractivity contribution in [2.45, 2.75) is 51.2 Å². The number of alkyl carbamates (subject to hydrolysis) is 1. The van der Waals surface area contributed by atoms with Crippen LogP contribution in [-0.4, -0.2) is 30.5 Å². The molecule has 0 saturated heterocycles. The number of nitrogens with one attached hydrogen (secondary N) is 3. The van der Waals surface area contributed by atoms with E-state index in [-0.39, 0.29) is 25.5 Å². The number of rotatable bonds is 10. The van der Waals surface area contributed by atoms with E-state index < -0.39 is 18.0 Å². The normalized spacial score (nSPS) is 15.1. The van der Waals surface area contributed by atoms with Crippen molar-refractivity contribution in [1.29, 1.82) is 0 Å². The molecule has 0 aliphatic heterocycles. The van der Waals surface area contributed by atoms with Crippen LogP contribution < -0.4 is 21.9 Å². The van der Waals surface area contributed by atoms with Crippen LogP contribution in [0.4, 0.5) is 4.79 Å². The summed E-state index contributed by atoms with van der Waals surface area (Å²) in [6.45, 7) is 0.372. The average Bonchev–Trinajstić information content (AvgIpc) is 3.16. The van der Waals surface area contributed by atoms with Crippen molar-refractivity contribution < 1.29 is 19.1 Å². The molecule has 8 heteroatoms. The highest BCUT2D eigenvalue weighted by Crippen LogP contribution is 2.28. The molecule has 148 valence electrons. The minimum absolute atomic E-state index is 0.111. The zero-order valence-electron chi connectivity index (χ0n) is 15.4. The molecule has 1 saturated carbocycles. The van der Waals surface area contributed by atoms with Gasteiger partial charge >= 0.3 is 6.09 Å². The first-order valence-electron chi connectivity index (χ1n) is 9.33. The van der Waals surface area contributed by atoms with Crippen molar-refractivity contribution in [3.63, 3.8) is 0 Å². The molecule has 1 aromatic carbocycles. The molecule has 8 nitrogen and oxygen atoms in total. The molecule has 0 unspecified atom stereocenters. The molecule has 1 aromatic rings. The number of hydrazine groups is 1. The van der Waals surface area contributed by atoms with Gasteiger partial charge in [-0.15, -0.1) is 0 Å². The van der Waals surface area contributed by atoms with Gasteiger partial charge in [-0.05, 0) is 17.9 Å². The molecular formula is C19H28N4O4. The van der Waals surface area contributed by atoms with Gasteiger partial charge in [0.15, 0.2) is 0 Å². The summed E-state index contributed by atoms with van der Waals surface area (Å²) < 4.78 is 5.22. The number of carbonyl (C=O) groups excluding carboxylic acids is 3. The second kappa shape index (κ2) is 11.2. The van der Waals surface area contributed by atoms with E-state index in [2.05, 4.69) is 16.2 Å². The van der Waals surface area contributed by atoms with Gasteiger partial charge in [0.2, 0.25) is 5.91 Å². The Kier molecular flexibility index (Phi) is 8.57. The molecule has 0 radical (unpaired) electrons. The molecule has 1 atom stereocenters. The fourth-order valence-corrected chi connectivity index (χ4v) is 3.14. The molecule has 27 heavy (non-hydrogen) atoms. The van der Waals surface area contributed by atoms with Crippen LogP contribution in [0.3, 0.4) is 0 Å². The number of amides is 3. The fourth-order valence-electron chi connectivity index (χ4n) is 3.14. The zero-order valence-corrected chi connectivity index (χ0v) is 15.4. The van der Waals surface area contributed by atoms with Crippen LogP contribution in [0, 0.1) is 5.92 Å². The minimum Gasteiger partial charge on any atom is -0.445 e. The summed E-state index contributed by atoms with van der Waals surface area (Å²) in [5.41, 5.74) is 11.1. The molecule has 0 heterocycles. The lowest BCUT2D eigenvalue weighted by Gasteiger charge is -2.21. The lowest BCUT2D eigenvalue weighted by atomic mass is 9.98. The quantitative estimate of drug-likeness (QED) is 0.363. The van der Waals surface area contributed by atoms with E-state index in [9.17, 15) is 14.4 Å². The standard InChI is InChI=1S/C19H28N4O4/c20-17(24)10-11-21-23-18(25)16(12-14-6-4-5-7-14)22-19(26)27-13-15-8-2-1-3-9-15/h1-3,8-9,14,16,21H,4-7,10-13H2,(H2,20,24)(H,22,26)(H,23,25)/t16-/m0/s1. The Bertz CT molecular complexity index is 617. The van der Waals surface area contributed by atoms with Crippen molar-refractivity contribution in [2.75, 3.05) is 6.54 Å². The summed E-state index contributed by atoms with van der Waals surface area (Å²) in [5.74, 6) is -0.411. The first-order valence-corrected chi connectivity index (χ1v) is 9.33. The molecule has 2 rings (SSSR count). The second-order valence-corrected chi connectivity index (χ2v) is 6.78. The molecule has 0 bridgehead atoms. The number of hydrogen-bond donors (Lipinski definition) is 4. The molecule has 0 spiro atoms. The average molecular weight is 376 g/mol. The first-order chi connectivity index (χ1) is 13.0. The van der Waals surface area contributed by atoms with Crippen LogP contribution in [0.15, 0.2) is 30.3 Å². The first kappa shape index (κ1) is 20.7. The van der Waals surface area contributed by atoms with Crippen molar-refractivity contribution in [1.82, 2.24) is 16.2 Å². The van der Waals surface area contributed by atoms with Crippen molar-refractivity contribution >= 4 is 17.9 Å². The van der Waals surface area contributed by atoms with Crippen molar-refractivity contribution in [3.8, 4) is 0 Å². The Hall–Kier alpha value is -2.61. The van der Waals surface area contributed by atoms with E-state index in [0.717, 1.165) is 31.2 Å². The highest BCUT2D eigenvalue weighted by molar-refractivity contribution is 5.85. The molecule has 1 aliphatic carbocycles. The third-order valence-corrected chi connectivity index (χ3v) is 4.57. The van der Waals surface area contributed by atoms with Crippen LogP contribution in [0.5, 0.6) is 0 Å². The lowest BCUT2D eigenvalue weighted by Crippen LogP contribution is -2.52. The molecule has 1 fully saturated rings. The molecule has 0 aromatic heterocycles. The van der Waals surface area contributed by atoms with Gasteiger partial charge in [-0.1, -0.05) is 56.0 Å². The predicted octanol–water partition coefficient (Wildman–Crippen LogP) is 1.36. The Morgan fingerprint density at radius 1 is 1.15 bits per heavy atom. The maximum atomic E-state index is 12.4. The van der Waals surface area contributed by atoms with Gasteiger partial charge in [-0.2, -0.15) is 0 Å². The van der Waals surface area contributed by atoms with Crippen LogP contribution in [-0.2, 0) is 20.9 Å². The number of nitrogens with two attached hydrogens (primary N) is 1. The Labute approximate surface area is 159 Å². The topological polar surface area (TPSA) is 123 Å². The highest BCUT2D eigenvalue weighted by atomic mass is 16.5. The van der Waals surface area contributed by atoms with Gasteiger partial charge in [-0.25, -0.2) is 10.2 Å². The van der Waals surface area contributed by atoms with Crippen LogP contribution in [0.1, 0.15) is 44.1 Å². The van der Waals surface area contributed by atoms with E-state index in [4.69, 9.17) is 10.5 Å². The van der Waals surface area contributed by atoms with E-state index in [1.807, 2.05) is 30.3 Å². The van der Waals surface area contributed by atoms with Crippen molar-refractivity contribution in [2.24, 2.45) is 11.7 Å². The number of ether oxygens (including phenoxy) is 1. The summed E-state index contributed by atoms with van der Waals surface area (Å²) in [4.78, 5) is 35.3. The Morgan fingerprint density at radius 2 is 1.85 bits per heavy atom. The molecule has 1 aliphatic rings. The highest BCUT2D eigenvalue weighted by Gasteiger charge is 2.27. The third kappa shape index (κ3) is 8.08. The third-order valence-electron chi connectivity index (χ3n) is 4.57. The lowest BCUT2D eigenvalue weighted by molar-refractivity contribution is -0.125. The summed E-state index contributed by atoms with van der Waals surface area (Å²) in [5, 5.41) is 2.66. The van der Waals surface area contributed by atoms with Gasteiger partial charge < -0.3 is 15.8 Å². The van der Waals surface area contributed by atoms with Gasteiger partial charge in [0.05, 0.1) is 0 Å². The fraction of sp³-hybridized carbons (Fsp3) is 0.526. The van der Waals surface area contributed by atoms with Gasteiger partial charge in [0, 0.05) is 13.0 Å². The predicted molar refractivity (Wildman–Crippen MR) is 100 cm³/mol. The number of benzene rings is 1. The summed E-state index contributed by atoms with van der Waals surface area (Å²) in [6.07, 6.45) is 4.44. The number of hydrogen-bond acceptors (Lipinski definition) is 5. The maximum Gasteiger partial charge on any atom is 0.408 e. The monoisotopic (exact) mass is 376 g/mol. The number of carbonyl (C=O) groups is 3.